The first-order valence-corrected chi connectivity index (χ1v) is 6.72. The molecule has 6 nitrogen and oxygen atoms in total. The monoisotopic (exact) mass is 384 g/mol. The van der Waals surface area contributed by atoms with Gasteiger partial charge in [-0.15, -0.1) is 0 Å². The molecule has 2 heterocycles. The van der Waals surface area contributed by atoms with E-state index >= 15 is 0 Å². The number of hydrogen-bond acceptors (Lipinski definition) is 5. The molecule has 19 heavy (non-hydrogen) atoms. The maximum Gasteiger partial charge on any atom is 0.318 e. The molecular formula is C11H6Br2N4O2. The summed E-state index contributed by atoms with van der Waals surface area (Å²) in [5.41, 5.74) is 2.00. The van der Waals surface area contributed by atoms with E-state index in [2.05, 4.69) is 46.9 Å². The summed E-state index contributed by atoms with van der Waals surface area (Å²) in [6.07, 6.45) is 2.84. The minimum atomic E-state index is -0.229. The Balaban J connectivity index is 2.28. The number of hydrogen-bond donors (Lipinski definition) is 2. The zero-order valence-electron chi connectivity index (χ0n) is 9.25. The summed E-state index contributed by atoms with van der Waals surface area (Å²) in [6.45, 7) is 0. The van der Waals surface area contributed by atoms with Crippen LogP contribution in [0.4, 0.5) is 0 Å². The molecule has 0 unspecified atom stereocenters. The number of nitrogens with zero attached hydrogens (tertiary/aromatic N) is 4. The van der Waals surface area contributed by atoms with Gasteiger partial charge in [0.1, 0.15) is 12.1 Å². The predicted octanol–water partition coefficient (Wildman–Crippen LogP) is 2.73. The van der Waals surface area contributed by atoms with Crippen LogP contribution in [0.5, 0.6) is 11.8 Å². The second-order valence-corrected chi connectivity index (χ2v) is 5.46. The van der Waals surface area contributed by atoms with Crippen molar-refractivity contribution in [2.75, 3.05) is 0 Å². The fourth-order valence-corrected chi connectivity index (χ4v) is 2.91. The molecule has 0 amide bonds. The van der Waals surface area contributed by atoms with Gasteiger partial charge in [-0.05, 0) is 49.6 Å². The van der Waals surface area contributed by atoms with Gasteiger partial charge in [-0.1, -0.05) is 0 Å². The van der Waals surface area contributed by atoms with Gasteiger partial charge < -0.3 is 10.2 Å². The Morgan fingerprint density at radius 3 is 2.42 bits per heavy atom. The molecule has 3 rings (SSSR count). The number of benzene rings is 1. The molecule has 0 saturated heterocycles. The molecule has 8 heteroatoms. The van der Waals surface area contributed by atoms with E-state index < -0.39 is 0 Å². The summed E-state index contributed by atoms with van der Waals surface area (Å²) in [5.74, 6) is 0.123. The van der Waals surface area contributed by atoms with E-state index in [0.29, 0.717) is 14.6 Å². The van der Waals surface area contributed by atoms with Crippen molar-refractivity contribution >= 4 is 37.5 Å². The zero-order chi connectivity index (χ0) is 13.6. The second kappa shape index (κ2) is 4.46. The molecule has 0 spiro atoms. The number of aromatic hydroxyl groups is 2. The molecule has 0 aliphatic carbocycles. The van der Waals surface area contributed by atoms with Gasteiger partial charge in [0, 0.05) is 5.56 Å². The number of phenols is 1. The molecule has 0 saturated carbocycles. The van der Waals surface area contributed by atoms with Crippen molar-refractivity contribution in [3.8, 4) is 22.9 Å². The Hall–Kier alpha value is -1.67. The van der Waals surface area contributed by atoms with Gasteiger partial charge in [-0.3, -0.25) is 0 Å². The summed E-state index contributed by atoms with van der Waals surface area (Å²) in [5, 5.41) is 23.3. The normalized spacial score (nSPS) is 11.1. The molecule has 0 radical (unpaired) electrons. The van der Waals surface area contributed by atoms with E-state index in [-0.39, 0.29) is 11.8 Å². The van der Waals surface area contributed by atoms with E-state index in [9.17, 15) is 10.2 Å². The topological polar surface area (TPSA) is 83.5 Å². The predicted molar refractivity (Wildman–Crippen MR) is 74.9 cm³/mol. The lowest BCUT2D eigenvalue weighted by atomic mass is 10.1. The van der Waals surface area contributed by atoms with Crippen molar-refractivity contribution in [2.24, 2.45) is 0 Å². The van der Waals surface area contributed by atoms with Crippen LogP contribution in [0.2, 0.25) is 0 Å². The fourth-order valence-electron chi connectivity index (χ4n) is 1.73. The number of aromatic nitrogens is 4. The average molecular weight is 386 g/mol. The number of fused-ring (bicyclic) bond motifs is 1. The summed E-state index contributed by atoms with van der Waals surface area (Å²) in [7, 11) is 0. The van der Waals surface area contributed by atoms with E-state index in [1.165, 1.54) is 10.8 Å². The molecule has 2 N–H and O–H groups in total. The summed E-state index contributed by atoms with van der Waals surface area (Å²) in [6, 6.07) is 3.26. The van der Waals surface area contributed by atoms with Gasteiger partial charge in [0.25, 0.3) is 0 Å². The third-order valence-electron chi connectivity index (χ3n) is 2.61. The lowest BCUT2D eigenvalue weighted by Gasteiger charge is -2.04. The average Bonchev–Trinajstić information content (AvgIpc) is 2.80. The van der Waals surface area contributed by atoms with Gasteiger partial charge in [0.2, 0.25) is 0 Å². The SMILES string of the molecule is Oc1c(Br)cc(-c2cnn3c(O)ncnc23)cc1Br. The fraction of sp³-hybridized carbons (Fsp3) is 0. The summed E-state index contributed by atoms with van der Waals surface area (Å²) in [4.78, 5) is 7.75. The molecule has 0 aliphatic rings. The van der Waals surface area contributed by atoms with Crippen LogP contribution >= 0.6 is 31.9 Å². The van der Waals surface area contributed by atoms with Gasteiger partial charge in [0.05, 0.1) is 15.1 Å². The van der Waals surface area contributed by atoms with Gasteiger partial charge in [0.15, 0.2) is 5.65 Å². The van der Waals surface area contributed by atoms with Crippen molar-refractivity contribution in [3.63, 3.8) is 0 Å². The maximum absolute atomic E-state index is 9.71. The van der Waals surface area contributed by atoms with E-state index in [0.717, 1.165) is 11.1 Å². The molecule has 0 bridgehead atoms. The Kier molecular flexibility index (Phi) is 2.90. The number of halogens is 2. The molecule has 0 aliphatic heterocycles. The van der Waals surface area contributed by atoms with Crippen LogP contribution in [-0.4, -0.2) is 29.8 Å². The van der Waals surface area contributed by atoms with Crippen LogP contribution in [0.25, 0.3) is 16.8 Å². The molecular weight excluding hydrogens is 380 g/mol. The van der Waals surface area contributed by atoms with Crippen LogP contribution in [0, 0.1) is 0 Å². The second-order valence-electron chi connectivity index (χ2n) is 3.76. The first-order chi connectivity index (χ1) is 9.08. The lowest BCUT2D eigenvalue weighted by Crippen LogP contribution is -1.93. The van der Waals surface area contributed by atoms with Crippen LogP contribution < -0.4 is 0 Å². The third kappa shape index (κ3) is 1.96. The molecule has 96 valence electrons. The first-order valence-electron chi connectivity index (χ1n) is 5.14. The molecule has 2 aromatic heterocycles. The van der Waals surface area contributed by atoms with E-state index in [1.807, 2.05) is 0 Å². The van der Waals surface area contributed by atoms with Crippen molar-refractivity contribution in [1.29, 1.82) is 0 Å². The maximum atomic E-state index is 9.71. The third-order valence-corrected chi connectivity index (χ3v) is 3.82. The van der Waals surface area contributed by atoms with E-state index in [4.69, 9.17) is 0 Å². The van der Waals surface area contributed by atoms with Crippen LogP contribution in [-0.2, 0) is 0 Å². The number of phenolic OH excluding ortho intramolecular Hbond substituents is 1. The standard InChI is InChI=1S/C11H6Br2N4O2/c12-7-1-5(2-8(13)9(7)18)6-3-16-17-10(6)14-4-15-11(17)19/h1-4,18H,(H,14,15,19). The highest BCUT2D eigenvalue weighted by atomic mass is 79.9. The summed E-state index contributed by atoms with van der Waals surface area (Å²) < 4.78 is 2.34. The van der Waals surface area contributed by atoms with Gasteiger partial charge >= 0.3 is 6.01 Å². The minimum absolute atomic E-state index is 0.123. The Bertz CT molecular complexity index is 764. The lowest BCUT2D eigenvalue weighted by molar-refractivity contribution is 0.411. The van der Waals surface area contributed by atoms with E-state index in [1.54, 1.807) is 18.3 Å². The smallest absolute Gasteiger partial charge is 0.318 e. The van der Waals surface area contributed by atoms with Gasteiger partial charge in [-0.2, -0.15) is 14.6 Å². The molecule has 1 aromatic carbocycles. The molecule has 0 atom stereocenters. The molecule has 0 fully saturated rings. The van der Waals surface area contributed by atoms with Crippen molar-refractivity contribution < 1.29 is 10.2 Å². The highest BCUT2D eigenvalue weighted by Gasteiger charge is 2.14. The van der Waals surface area contributed by atoms with Crippen LogP contribution in [0.1, 0.15) is 0 Å². The zero-order valence-corrected chi connectivity index (χ0v) is 12.4. The largest absolute Gasteiger partial charge is 0.506 e. The van der Waals surface area contributed by atoms with Crippen molar-refractivity contribution in [1.82, 2.24) is 19.6 Å². The summed E-state index contributed by atoms with van der Waals surface area (Å²) >= 11 is 6.54. The van der Waals surface area contributed by atoms with Crippen LogP contribution in [0.3, 0.4) is 0 Å². The Morgan fingerprint density at radius 2 is 1.74 bits per heavy atom. The van der Waals surface area contributed by atoms with Crippen LogP contribution in [0.15, 0.2) is 33.6 Å². The quantitative estimate of drug-likeness (QED) is 0.672. The van der Waals surface area contributed by atoms with Crippen molar-refractivity contribution in [2.45, 2.75) is 0 Å². The molecule has 3 aromatic rings. The minimum Gasteiger partial charge on any atom is -0.506 e. The Labute approximate surface area is 124 Å². The van der Waals surface area contributed by atoms with Gasteiger partial charge in [-0.25, -0.2) is 4.98 Å². The highest BCUT2D eigenvalue weighted by molar-refractivity contribution is 9.11. The first kappa shape index (κ1) is 12.4. The Morgan fingerprint density at radius 1 is 1.05 bits per heavy atom. The number of rotatable bonds is 1. The highest BCUT2D eigenvalue weighted by Crippen LogP contribution is 2.37. The van der Waals surface area contributed by atoms with Crippen molar-refractivity contribution in [3.05, 3.63) is 33.6 Å².